The summed E-state index contributed by atoms with van der Waals surface area (Å²) in [5.74, 6) is 0.221. The molecular formula is C16H15FO3S. The zero-order valence-electron chi connectivity index (χ0n) is 11.8. The summed E-state index contributed by atoms with van der Waals surface area (Å²) >= 11 is 0. The molecule has 0 fully saturated rings. The Morgan fingerprint density at radius 3 is 2.62 bits per heavy atom. The van der Waals surface area contributed by atoms with E-state index >= 15 is 0 Å². The number of carbonyl (C=O) groups excluding carboxylic acids is 1. The highest BCUT2D eigenvalue weighted by Crippen LogP contribution is 2.24. The van der Waals surface area contributed by atoms with Gasteiger partial charge in [0.15, 0.2) is 5.78 Å². The highest BCUT2D eigenvalue weighted by atomic mass is 32.2. The Hall–Kier alpha value is -2.01. The summed E-state index contributed by atoms with van der Waals surface area (Å²) in [5.41, 5.74) is 1.19. The van der Waals surface area contributed by atoms with Gasteiger partial charge in [-0.05, 0) is 43.3 Å². The van der Waals surface area contributed by atoms with Gasteiger partial charge in [0.05, 0.1) is 23.7 Å². The lowest BCUT2D eigenvalue weighted by molar-refractivity contribution is 0.101. The van der Waals surface area contributed by atoms with Crippen molar-refractivity contribution in [2.24, 2.45) is 0 Å². The molecule has 110 valence electrons. The number of carbonyl (C=O) groups is 1. The normalized spacial score (nSPS) is 12.0. The number of ketones is 1. The van der Waals surface area contributed by atoms with Gasteiger partial charge in [-0.2, -0.15) is 0 Å². The van der Waals surface area contributed by atoms with Crippen molar-refractivity contribution in [1.29, 1.82) is 0 Å². The van der Waals surface area contributed by atoms with E-state index in [9.17, 15) is 13.4 Å². The standard InChI is InChI=1S/C16H15FO3S/c1-11(18)12-6-7-16(20-2)13(8-12)10-21(19)15-5-3-4-14(17)9-15/h3-9H,10H2,1-2H3. The zero-order chi connectivity index (χ0) is 15.4. The number of Topliss-reactive ketones (excluding diaryl/α,β-unsaturated/α-hetero) is 1. The lowest BCUT2D eigenvalue weighted by Crippen LogP contribution is -2.02. The van der Waals surface area contributed by atoms with E-state index in [1.165, 1.54) is 32.2 Å². The van der Waals surface area contributed by atoms with Crippen LogP contribution >= 0.6 is 0 Å². The summed E-state index contributed by atoms with van der Waals surface area (Å²) in [5, 5.41) is 0. The highest BCUT2D eigenvalue weighted by molar-refractivity contribution is 7.84. The summed E-state index contributed by atoms with van der Waals surface area (Å²) in [7, 11) is 0.102. The Morgan fingerprint density at radius 2 is 2.00 bits per heavy atom. The summed E-state index contributed by atoms with van der Waals surface area (Å²) in [6.07, 6.45) is 0. The molecule has 1 unspecified atom stereocenters. The minimum Gasteiger partial charge on any atom is -0.496 e. The van der Waals surface area contributed by atoms with Gasteiger partial charge in [0, 0.05) is 16.0 Å². The smallest absolute Gasteiger partial charge is 0.159 e. The average Bonchev–Trinajstić information content (AvgIpc) is 2.47. The fourth-order valence-electron chi connectivity index (χ4n) is 1.94. The van der Waals surface area contributed by atoms with Gasteiger partial charge in [-0.1, -0.05) is 6.07 Å². The number of hydrogen-bond acceptors (Lipinski definition) is 3. The summed E-state index contributed by atoms with van der Waals surface area (Å²) in [4.78, 5) is 11.8. The molecule has 0 saturated heterocycles. The first-order valence-corrected chi connectivity index (χ1v) is 7.65. The predicted octanol–water partition coefficient (Wildman–Crippen LogP) is 3.34. The molecule has 0 aliphatic heterocycles. The van der Waals surface area contributed by atoms with Crippen molar-refractivity contribution < 1.29 is 18.1 Å². The van der Waals surface area contributed by atoms with Crippen LogP contribution in [-0.4, -0.2) is 17.1 Å². The van der Waals surface area contributed by atoms with Gasteiger partial charge in [-0.15, -0.1) is 0 Å². The molecule has 2 aromatic carbocycles. The quantitative estimate of drug-likeness (QED) is 0.796. The van der Waals surface area contributed by atoms with Gasteiger partial charge in [0.2, 0.25) is 0 Å². The molecule has 0 aromatic heterocycles. The monoisotopic (exact) mass is 306 g/mol. The number of rotatable bonds is 5. The lowest BCUT2D eigenvalue weighted by atomic mass is 10.1. The van der Waals surface area contributed by atoms with Crippen LogP contribution in [0.5, 0.6) is 5.75 Å². The number of methoxy groups -OCH3 is 1. The fraction of sp³-hybridized carbons (Fsp3) is 0.188. The van der Waals surface area contributed by atoms with Crippen molar-refractivity contribution in [2.45, 2.75) is 17.6 Å². The molecular weight excluding hydrogens is 291 g/mol. The number of ether oxygens (including phenoxy) is 1. The first-order chi connectivity index (χ1) is 10.0. The molecule has 5 heteroatoms. The molecule has 21 heavy (non-hydrogen) atoms. The van der Waals surface area contributed by atoms with Crippen LogP contribution in [0.4, 0.5) is 4.39 Å². The maximum atomic E-state index is 13.2. The Morgan fingerprint density at radius 1 is 1.24 bits per heavy atom. The zero-order valence-corrected chi connectivity index (χ0v) is 12.6. The molecule has 2 aromatic rings. The third kappa shape index (κ3) is 3.76. The van der Waals surface area contributed by atoms with E-state index in [2.05, 4.69) is 0 Å². The minimum absolute atomic E-state index is 0.0737. The van der Waals surface area contributed by atoms with Crippen molar-refractivity contribution in [3.63, 3.8) is 0 Å². The van der Waals surface area contributed by atoms with Gasteiger partial charge in [0.25, 0.3) is 0 Å². The van der Waals surface area contributed by atoms with Crippen LogP contribution in [0, 0.1) is 5.82 Å². The van der Waals surface area contributed by atoms with E-state index in [0.717, 1.165) is 0 Å². The Kier molecular flexibility index (Phi) is 4.85. The van der Waals surface area contributed by atoms with Crippen LogP contribution in [0.2, 0.25) is 0 Å². The Balaban J connectivity index is 2.31. The largest absolute Gasteiger partial charge is 0.496 e. The predicted molar refractivity (Wildman–Crippen MR) is 79.5 cm³/mol. The first-order valence-electron chi connectivity index (χ1n) is 6.33. The number of hydrogen-bond donors (Lipinski definition) is 0. The topological polar surface area (TPSA) is 43.4 Å². The molecule has 0 spiro atoms. The van der Waals surface area contributed by atoms with Gasteiger partial charge in [-0.3, -0.25) is 9.00 Å². The molecule has 0 aliphatic carbocycles. The van der Waals surface area contributed by atoms with Gasteiger partial charge >= 0.3 is 0 Å². The van der Waals surface area contributed by atoms with Crippen LogP contribution in [0.15, 0.2) is 47.4 Å². The third-order valence-corrected chi connectivity index (χ3v) is 4.39. The van der Waals surface area contributed by atoms with Crippen molar-refractivity contribution in [2.75, 3.05) is 7.11 Å². The summed E-state index contributed by atoms with van der Waals surface area (Å²) in [6, 6.07) is 10.7. The second-order valence-electron chi connectivity index (χ2n) is 4.53. The van der Waals surface area contributed by atoms with E-state index in [-0.39, 0.29) is 11.5 Å². The van der Waals surface area contributed by atoms with Gasteiger partial charge in [-0.25, -0.2) is 4.39 Å². The van der Waals surface area contributed by atoms with E-state index in [4.69, 9.17) is 4.74 Å². The average molecular weight is 306 g/mol. The highest BCUT2D eigenvalue weighted by Gasteiger charge is 2.12. The van der Waals surface area contributed by atoms with Crippen LogP contribution in [0.1, 0.15) is 22.8 Å². The maximum Gasteiger partial charge on any atom is 0.159 e. The fourth-order valence-corrected chi connectivity index (χ4v) is 3.09. The summed E-state index contributed by atoms with van der Waals surface area (Å²) in [6.45, 7) is 1.47. The molecule has 0 N–H and O–H groups in total. The molecule has 0 radical (unpaired) electrons. The number of halogens is 1. The molecule has 2 rings (SSSR count). The third-order valence-electron chi connectivity index (χ3n) is 3.03. The molecule has 0 amide bonds. The molecule has 0 bridgehead atoms. The second kappa shape index (κ2) is 6.63. The van der Waals surface area contributed by atoms with Crippen molar-refractivity contribution in [3.8, 4) is 5.75 Å². The second-order valence-corrected chi connectivity index (χ2v) is 5.98. The molecule has 0 heterocycles. The Labute approximate surface area is 125 Å². The van der Waals surface area contributed by atoms with E-state index in [1.807, 2.05) is 0 Å². The molecule has 3 nitrogen and oxygen atoms in total. The first kappa shape index (κ1) is 15.4. The lowest BCUT2D eigenvalue weighted by Gasteiger charge is -2.10. The van der Waals surface area contributed by atoms with Crippen molar-refractivity contribution in [1.82, 2.24) is 0 Å². The summed E-state index contributed by atoms with van der Waals surface area (Å²) < 4.78 is 30.7. The number of benzene rings is 2. The van der Waals surface area contributed by atoms with Crippen LogP contribution in [0.25, 0.3) is 0 Å². The molecule has 1 atom stereocenters. The Bertz CT molecular complexity index is 698. The van der Waals surface area contributed by atoms with Crippen molar-refractivity contribution in [3.05, 3.63) is 59.4 Å². The van der Waals surface area contributed by atoms with Crippen LogP contribution < -0.4 is 4.74 Å². The van der Waals surface area contributed by atoms with Crippen LogP contribution in [-0.2, 0) is 16.6 Å². The maximum absolute atomic E-state index is 13.2. The van der Waals surface area contributed by atoms with E-state index in [1.54, 1.807) is 24.3 Å². The van der Waals surface area contributed by atoms with E-state index in [0.29, 0.717) is 21.8 Å². The minimum atomic E-state index is -1.41. The van der Waals surface area contributed by atoms with E-state index < -0.39 is 16.6 Å². The molecule has 0 aliphatic rings. The van der Waals surface area contributed by atoms with Gasteiger partial charge in [0.1, 0.15) is 11.6 Å². The SMILES string of the molecule is COc1ccc(C(C)=O)cc1CS(=O)c1cccc(F)c1. The van der Waals surface area contributed by atoms with Crippen LogP contribution in [0.3, 0.4) is 0 Å². The van der Waals surface area contributed by atoms with Crippen molar-refractivity contribution >= 4 is 16.6 Å². The molecule has 0 saturated carbocycles. The van der Waals surface area contributed by atoms with Gasteiger partial charge < -0.3 is 4.74 Å².